The summed E-state index contributed by atoms with van der Waals surface area (Å²) in [5.74, 6) is 2.64. The molecule has 1 nitrogen and oxygen atoms in total. The largest absolute Gasteiger partial charge is 0.303 e. The highest BCUT2D eigenvalue weighted by Gasteiger charge is 2.34. The van der Waals surface area contributed by atoms with E-state index in [1.54, 1.807) is 0 Å². The van der Waals surface area contributed by atoms with Gasteiger partial charge in [0.15, 0.2) is 0 Å². The zero-order valence-electron chi connectivity index (χ0n) is 19.8. The SMILES string of the molecule is CCCCC1(C=O)CCC(c2ccc(CC[C@H]3CC[C@H](CCCC)CC3)cc2)CC1. The Hall–Kier alpha value is -1.11. The lowest BCUT2D eigenvalue weighted by atomic mass is 9.67. The molecule has 0 aromatic heterocycles. The standard InChI is InChI=1S/C29H46O/c1-3-5-7-24-8-10-25(11-9-24)12-13-26-14-16-27(17-15-26)28-18-21-29(23-30,22-19-28)20-6-4-2/h14-17,23-25,28H,3-13,18-22H2,1-2H3/t24-,25-,28?,29?. The highest BCUT2D eigenvalue weighted by atomic mass is 16.1. The fourth-order valence-electron chi connectivity index (χ4n) is 6.11. The smallest absolute Gasteiger partial charge is 0.126 e. The van der Waals surface area contributed by atoms with Gasteiger partial charge < -0.3 is 4.79 Å². The van der Waals surface area contributed by atoms with Gasteiger partial charge in [-0.25, -0.2) is 0 Å². The third-order valence-corrected chi connectivity index (χ3v) is 8.48. The molecule has 0 spiro atoms. The Balaban J connectivity index is 1.41. The minimum Gasteiger partial charge on any atom is -0.303 e. The van der Waals surface area contributed by atoms with Gasteiger partial charge in [-0.15, -0.1) is 0 Å². The molecule has 2 aliphatic carbocycles. The van der Waals surface area contributed by atoms with Crippen LogP contribution >= 0.6 is 0 Å². The predicted molar refractivity (Wildman–Crippen MR) is 129 cm³/mol. The summed E-state index contributed by atoms with van der Waals surface area (Å²) in [7, 11) is 0. The number of carbonyl (C=O) groups excluding carboxylic acids is 1. The normalized spacial score (nSPS) is 29.6. The Morgan fingerprint density at radius 3 is 2.00 bits per heavy atom. The number of carbonyl (C=O) groups is 1. The van der Waals surface area contributed by atoms with Crippen molar-refractivity contribution in [1.82, 2.24) is 0 Å². The zero-order chi connectivity index (χ0) is 21.2. The summed E-state index contributed by atoms with van der Waals surface area (Å²) in [4.78, 5) is 11.7. The van der Waals surface area contributed by atoms with Crippen molar-refractivity contribution >= 4 is 6.29 Å². The predicted octanol–water partition coefficient (Wildman–Crippen LogP) is 8.65. The average molecular weight is 411 g/mol. The van der Waals surface area contributed by atoms with Crippen molar-refractivity contribution in [2.75, 3.05) is 0 Å². The zero-order valence-corrected chi connectivity index (χ0v) is 19.8. The number of hydrogen-bond acceptors (Lipinski definition) is 1. The second kappa shape index (κ2) is 12.1. The quantitative estimate of drug-likeness (QED) is 0.333. The summed E-state index contributed by atoms with van der Waals surface area (Å²) < 4.78 is 0. The molecule has 1 aromatic carbocycles. The summed E-state index contributed by atoms with van der Waals surface area (Å²) >= 11 is 0. The van der Waals surface area contributed by atoms with Gasteiger partial charge in [0.25, 0.3) is 0 Å². The van der Waals surface area contributed by atoms with Gasteiger partial charge in [-0.1, -0.05) is 95.9 Å². The van der Waals surface area contributed by atoms with Crippen molar-refractivity contribution in [2.24, 2.45) is 17.3 Å². The van der Waals surface area contributed by atoms with Gasteiger partial charge in [-0.3, -0.25) is 0 Å². The molecule has 2 saturated carbocycles. The molecule has 0 N–H and O–H groups in total. The Bertz CT molecular complexity index is 600. The van der Waals surface area contributed by atoms with Crippen LogP contribution in [0.25, 0.3) is 0 Å². The van der Waals surface area contributed by atoms with Crippen LogP contribution in [0.2, 0.25) is 0 Å². The van der Waals surface area contributed by atoms with Crippen molar-refractivity contribution in [3.63, 3.8) is 0 Å². The maximum atomic E-state index is 11.7. The Kier molecular flexibility index (Phi) is 9.47. The van der Waals surface area contributed by atoms with Crippen molar-refractivity contribution in [2.45, 2.75) is 122 Å². The third kappa shape index (κ3) is 6.69. The first-order valence-corrected chi connectivity index (χ1v) is 13.2. The topological polar surface area (TPSA) is 17.1 Å². The molecule has 168 valence electrons. The van der Waals surface area contributed by atoms with Crippen molar-refractivity contribution in [1.29, 1.82) is 0 Å². The molecule has 0 bridgehead atoms. The highest BCUT2D eigenvalue weighted by molar-refractivity contribution is 5.59. The van der Waals surface area contributed by atoms with Gasteiger partial charge in [0.1, 0.15) is 6.29 Å². The fourth-order valence-corrected chi connectivity index (χ4v) is 6.11. The van der Waals surface area contributed by atoms with Crippen LogP contribution in [-0.4, -0.2) is 6.29 Å². The number of aldehydes is 1. The van der Waals surface area contributed by atoms with Gasteiger partial charge in [0.05, 0.1) is 0 Å². The molecule has 30 heavy (non-hydrogen) atoms. The van der Waals surface area contributed by atoms with Crippen LogP contribution in [0.15, 0.2) is 24.3 Å². The molecular formula is C29H46O. The first-order chi connectivity index (χ1) is 14.7. The second-order valence-corrected chi connectivity index (χ2v) is 10.7. The molecule has 0 amide bonds. The number of unbranched alkanes of at least 4 members (excludes halogenated alkanes) is 2. The number of hydrogen-bond donors (Lipinski definition) is 0. The molecule has 2 aliphatic rings. The molecule has 3 rings (SSSR count). The molecule has 0 radical (unpaired) electrons. The molecule has 0 heterocycles. The van der Waals surface area contributed by atoms with Crippen LogP contribution in [0.5, 0.6) is 0 Å². The van der Waals surface area contributed by atoms with Gasteiger partial charge in [-0.05, 0) is 73.8 Å². The molecule has 1 heteroatoms. The van der Waals surface area contributed by atoms with Gasteiger partial charge in [-0.2, -0.15) is 0 Å². The molecule has 0 saturated heterocycles. The van der Waals surface area contributed by atoms with E-state index < -0.39 is 0 Å². The van der Waals surface area contributed by atoms with Crippen LogP contribution in [-0.2, 0) is 11.2 Å². The van der Waals surface area contributed by atoms with Crippen molar-refractivity contribution in [3.8, 4) is 0 Å². The number of benzene rings is 1. The van der Waals surface area contributed by atoms with Crippen LogP contribution < -0.4 is 0 Å². The van der Waals surface area contributed by atoms with Crippen LogP contribution in [0.1, 0.15) is 127 Å². The minimum atomic E-state index is -0.0119. The third-order valence-electron chi connectivity index (χ3n) is 8.48. The highest BCUT2D eigenvalue weighted by Crippen LogP contribution is 2.44. The van der Waals surface area contributed by atoms with E-state index in [2.05, 4.69) is 38.1 Å². The molecule has 0 unspecified atom stereocenters. The molecular weight excluding hydrogens is 364 g/mol. The van der Waals surface area contributed by atoms with E-state index in [4.69, 9.17) is 0 Å². The molecule has 0 atom stereocenters. The minimum absolute atomic E-state index is 0.0119. The summed E-state index contributed by atoms with van der Waals surface area (Å²) in [5.41, 5.74) is 3.01. The lowest BCUT2D eigenvalue weighted by Crippen LogP contribution is -2.28. The van der Waals surface area contributed by atoms with E-state index in [1.165, 1.54) is 101 Å². The Labute approximate surface area is 186 Å². The van der Waals surface area contributed by atoms with E-state index in [9.17, 15) is 4.79 Å². The van der Waals surface area contributed by atoms with Gasteiger partial charge in [0.2, 0.25) is 0 Å². The van der Waals surface area contributed by atoms with E-state index in [0.717, 1.165) is 31.1 Å². The lowest BCUT2D eigenvalue weighted by molar-refractivity contribution is -0.118. The van der Waals surface area contributed by atoms with E-state index in [1.807, 2.05) is 0 Å². The molecule has 2 fully saturated rings. The Morgan fingerprint density at radius 1 is 0.833 bits per heavy atom. The van der Waals surface area contributed by atoms with E-state index >= 15 is 0 Å². The Morgan fingerprint density at radius 2 is 1.43 bits per heavy atom. The monoisotopic (exact) mass is 410 g/mol. The fraction of sp³-hybridized carbons (Fsp3) is 0.759. The van der Waals surface area contributed by atoms with Crippen molar-refractivity contribution in [3.05, 3.63) is 35.4 Å². The average Bonchev–Trinajstić information content (AvgIpc) is 2.81. The lowest BCUT2D eigenvalue weighted by Gasteiger charge is -2.36. The summed E-state index contributed by atoms with van der Waals surface area (Å²) in [6.07, 6.45) is 22.1. The molecule has 1 aromatic rings. The van der Waals surface area contributed by atoms with Gasteiger partial charge in [0, 0.05) is 5.41 Å². The van der Waals surface area contributed by atoms with Crippen LogP contribution in [0.3, 0.4) is 0 Å². The summed E-state index contributed by atoms with van der Waals surface area (Å²) in [5, 5.41) is 0. The first kappa shape index (κ1) is 23.6. The number of aryl methyl sites for hydroxylation is 1. The first-order valence-electron chi connectivity index (χ1n) is 13.2. The van der Waals surface area contributed by atoms with Gasteiger partial charge >= 0.3 is 0 Å². The van der Waals surface area contributed by atoms with E-state index in [-0.39, 0.29) is 5.41 Å². The van der Waals surface area contributed by atoms with Crippen LogP contribution in [0, 0.1) is 17.3 Å². The van der Waals surface area contributed by atoms with Crippen molar-refractivity contribution < 1.29 is 4.79 Å². The van der Waals surface area contributed by atoms with Crippen LogP contribution in [0.4, 0.5) is 0 Å². The summed E-state index contributed by atoms with van der Waals surface area (Å²) in [6.45, 7) is 4.54. The number of rotatable bonds is 11. The molecule has 0 aliphatic heterocycles. The maximum Gasteiger partial charge on any atom is 0.126 e. The van der Waals surface area contributed by atoms with E-state index in [0.29, 0.717) is 5.92 Å². The summed E-state index contributed by atoms with van der Waals surface area (Å²) in [6, 6.07) is 9.56. The maximum absolute atomic E-state index is 11.7. The second-order valence-electron chi connectivity index (χ2n) is 10.7.